The monoisotopic (exact) mass is 719 g/mol. The zero-order valence-electron chi connectivity index (χ0n) is 25.9. The van der Waals surface area contributed by atoms with Crippen LogP contribution in [0.15, 0.2) is 60.0 Å². The summed E-state index contributed by atoms with van der Waals surface area (Å²) in [6, 6.07) is 9.11. The summed E-state index contributed by atoms with van der Waals surface area (Å²) in [6.07, 6.45) is -8.00. The fourth-order valence-electron chi connectivity index (χ4n) is 5.52. The van der Waals surface area contributed by atoms with Crippen molar-refractivity contribution in [1.82, 2.24) is 29.1 Å². The van der Waals surface area contributed by atoms with Gasteiger partial charge in [0.15, 0.2) is 30.0 Å². The Balaban J connectivity index is 1.13. The second-order valence-corrected chi connectivity index (χ2v) is 12.9. The standard InChI is InChI=1S/C28H34N9O12P/c29-14(8-13-4-2-1-3-5-13)27(41)49-22-20(39)16(48-26(22)37-12-34-18-23(31)32-11-33-24(18)37)10-46-50(43,44)45-9-15-19(38)21(40)25(47-15)36-7-6-17(30)35-28(36)42/h1-7,11-12,14-16,19-22,25-26,38-40H,8-10,29H2,(H,43,44)(H2,30,35,42)(H2,31,32,33)/t14-,15+,16+,19+,20+,21+,22+,25+,26+/m0/s1. The summed E-state index contributed by atoms with van der Waals surface area (Å²) in [5.74, 6) is -0.889. The number of esters is 1. The van der Waals surface area contributed by atoms with Gasteiger partial charge in [-0.3, -0.25) is 23.0 Å². The van der Waals surface area contributed by atoms with E-state index in [1.165, 1.54) is 29.5 Å². The van der Waals surface area contributed by atoms with Crippen LogP contribution in [0.1, 0.15) is 18.0 Å². The number of fused-ring (bicyclic) bond motifs is 1. The topological polar surface area (TPSA) is 318 Å². The summed E-state index contributed by atoms with van der Waals surface area (Å²) in [5.41, 5.74) is 17.8. The van der Waals surface area contributed by atoms with Gasteiger partial charge >= 0.3 is 19.5 Å². The van der Waals surface area contributed by atoms with Crippen LogP contribution in [-0.4, -0.2) is 111 Å². The summed E-state index contributed by atoms with van der Waals surface area (Å²) in [6.45, 7) is -1.52. The fraction of sp³-hybridized carbons (Fsp3) is 0.429. The highest BCUT2D eigenvalue weighted by Crippen LogP contribution is 2.46. The van der Waals surface area contributed by atoms with Crippen LogP contribution >= 0.6 is 7.82 Å². The number of nitrogens with zero attached hydrogens (tertiary/aromatic N) is 6. The van der Waals surface area contributed by atoms with E-state index >= 15 is 0 Å². The number of nitrogens with two attached hydrogens (primary N) is 3. The molecule has 50 heavy (non-hydrogen) atoms. The maximum absolute atomic E-state index is 13.1. The SMILES string of the molecule is Nc1ccn([C@@H]2O[C@H](COP(=O)(O)OC[C@H]3O[C@@H](n4cnc5c(N)ncnc54)[C@H](OC(=O)[C@@H](N)Cc4ccccc4)[C@@H]3O)[C@@H](O)[C@H]2O)c(=O)n1. The quantitative estimate of drug-likeness (QED) is 0.0600. The number of carbonyl (C=O) groups is 1. The van der Waals surface area contributed by atoms with E-state index in [4.69, 9.17) is 40.5 Å². The molecule has 2 aliphatic rings. The molecule has 0 amide bonds. The summed E-state index contributed by atoms with van der Waals surface area (Å²) < 4.78 is 42.3. The molecule has 0 spiro atoms. The number of aliphatic hydroxyl groups is 3. The number of imidazole rings is 1. The normalized spacial score (nSPS) is 28.4. The average Bonchev–Trinajstić information content (AvgIpc) is 3.74. The zero-order chi connectivity index (χ0) is 35.7. The smallest absolute Gasteiger partial charge is 0.453 e. The van der Waals surface area contributed by atoms with Crippen molar-refractivity contribution in [2.45, 2.75) is 61.5 Å². The fourth-order valence-corrected chi connectivity index (χ4v) is 6.27. The predicted octanol–water partition coefficient (Wildman–Crippen LogP) is -2.26. The van der Waals surface area contributed by atoms with E-state index in [1.54, 1.807) is 24.3 Å². The van der Waals surface area contributed by atoms with Crippen LogP contribution in [-0.2, 0) is 39.0 Å². The lowest BCUT2D eigenvalue weighted by Crippen LogP contribution is -2.42. The number of phosphoric ester groups is 1. The van der Waals surface area contributed by atoms with Gasteiger partial charge in [-0.1, -0.05) is 30.3 Å². The Hall–Kier alpha value is -4.41. The van der Waals surface area contributed by atoms with Crippen molar-refractivity contribution in [3.8, 4) is 0 Å². The summed E-state index contributed by atoms with van der Waals surface area (Å²) in [7, 11) is -4.95. The Morgan fingerprint density at radius 3 is 2.32 bits per heavy atom. The maximum Gasteiger partial charge on any atom is 0.472 e. The van der Waals surface area contributed by atoms with Gasteiger partial charge in [0.2, 0.25) is 0 Å². The lowest BCUT2D eigenvalue weighted by Gasteiger charge is -2.23. The van der Waals surface area contributed by atoms with E-state index < -0.39 is 87.8 Å². The molecule has 1 aromatic carbocycles. The van der Waals surface area contributed by atoms with Crippen LogP contribution in [0.5, 0.6) is 0 Å². The Labute approximate surface area is 281 Å². The number of ether oxygens (including phenoxy) is 3. The van der Waals surface area contributed by atoms with Gasteiger partial charge in [-0.2, -0.15) is 4.98 Å². The molecule has 5 heterocycles. The van der Waals surface area contributed by atoms with E-state index in [9.17, 15) is 34.4 Å². The van der Waals surface area contributed by atoms with Crippen LogP contribution in [0.25, 0.3) is 11.2 Å². The predicted molar refractivity (Wildman–Crippen MR) is 168 cm³/mol. The van der Waals surface area contributed by atoms with Crippen molar-refractivity contribution in [2.75, 3.05) is 24.7 Å². The van der Waals surface area contributed by atoms with Crippen molar-refractivity contribution >= 4 is 36.6 Å². The van der Waals surface area contributed by atoms with Gasteiger partial charge in [-0.25, -0.2) is 24.3 Å². The molecule has 1 unspecified atom stereocenters. The summed E-state index contributed by atoms with van der Waals surface area (Å²) in [5, 5.41) is 32.1. The number of aromatic nitrogens is 6. The van der Waals surface area contributed by atoms with Gasteiger partial charge in [-0.05, 0) is 18.1 Å². The highest BCUT2D eigenvalue weighted by molar-refractivity contribution is 7.47. The third kappa shape index (κ3) is 7.37. The minimum atomic E-state index is -4.95. The Kier molecular flexibility index (Phi) is 10.2. The summed E-state index contributed by atoms with van der Waals surface area (Å²) in [4.78, 5) is 51.5. The maximum atomic E-state index is 13.1. The molecule has 268 valence electrons. The number of rotatable bonds is 12. The third-order valence-corrected chi connectivity index (χ3v) is 9.04. The molecule has 21 nitrogen and oxygen atoms in total. The molecule has 6 rings (SSSR count). The van der Waals surface area contributed by atoms with Crippen molar-refractivity contribution in [1.29, 1.82) is 0 Å². The van der Waals surface area contributed by atoms with Gasteiger partial charge in [-0.15, -0.1) is 0 Å². The molecule has 10 atom stereocenters. The lowest BCUT2D eigenvalue weighted by molar-refractivity contribution is -0.160. The molecule has 0 saturated carbocycles. The molecular formula is C28H34N9O12P. The van der Waals surface area contributed by atoms with Crippen LogP contribution in [0, 0.1) is 0 Å². The van der Waals surface area contributed by atoms with Crippen molar-refractivity contribution in [2.24, 2.45) is 5.73 Å². The van der Waals surface area contributed by atoms with E-state index in [-0.39, 0.29) is 29.2 Å². The Morgan fingerprint density at radius 1 is 0.940 bits per heavy atom. The summed E-state index contributed by atoms with van der Waals surface area (Å²) >= 11 is 0. The van der Waals surface area contributed by atoms with Crippen LogP contribution in [0.4, 0.5) is 11.6 Å². The first kappa shape index (κ1) is 35.4. The minimum Gasteiger partial charge on any atom is -0.453 e. The molecule has 10 N–H and O–H groups in total. The largest absolute Gasteiger partial charge is 0.472 e. The van der Waals surface area contributed by atoms with Gasteiger partial charge in [0.05, 0.1) is 19.5 Å². The molecular weight excluding hydrogens is 685 g/mol. The first-order chi connectivity index (χ1) is 23.8. The zero-order valence-corrected chi connectivity index (χ0v) is 26.8. The molecule has 2 fully saturated rings. The first-order valence-corrected chi connectivity index (χ1v) is 16.6. The van der Waals surface area contributed by atoms with Gasteiger partial charge in [0.1, 0.15) is 54.2 Å². The van der Waals surface area contributed by atoms with Crippen molar-refractivity contribution < 1.29 is 52.8 Å². The highest BCUT2D eigenvalue weighted by atomic mass is 31.2. The molecule has 3 aromatic heterocycles. The number of hydrogen-bond donors (Lipinski definition) is 7. The number of aliphatic hydroxyl groups excluding tert-OH is 3. The van der Waals surface area contributed by atoms with E-state index in [0.29, 0.717) is 0 Å². The van der Waals surface area contributed by atoms with Gasteiger partial charge < -0.3 is 51.6 Å². The second kappa shape index (κ2) is 14.4. The number of anilines is 2. The number of phosphoric acid groups is 1. The number of nitrogen functional groups attached to an aromatic ring is 2. The molecule has 0 aliphatic carbocycles. The minimum absolute atomic E-state index is 0.0522. The van der Waals surface area contributed by atoms with E-state index in [0.717, 1.165) is 10.1 Å². The molecule has 0 bridgehead atoms. The molecule has 2 aliphatic heterocycles. The molecule has 2 saturated heterocycles. The Bertz CT molecular complexity index is 1930. The van der Waals surface area contributed by atoms with Crippen LogP contribution < -0.4 is 22.9 Å². The number of carbonyl (C=O) groups excluding carboxylic acids is 1. The highest BCUT2D eigenvalue weighted by Gasteiger charge is 2.50. The van der Waals surface area contributed by atoms with Crippen molar-refractivity contribution in [3.05, 3.63) is 71.3 Å². The van der Waals surface area contributed by atoms with Crippen LogP contribution in [0.3, 0.4) is 0 Å². The first-order valence-electron chi connectivity index (χ1n) is 15.1. The van der Waals surface area contributed by atoms with E-state index in [2.05, 4.69) is 19.9 Å². The van der Waals surface area contributed by atoms with Crippen molar-refractivity contribution in [3.63, 3.8) is 0 Å². The molecule has 22 heteroatoms. The number of hydrogen-bond acceptors (Lipinski definition) is 18. The third-order valence-electron chi connectivity index (χ3n) is 8.09. The Morgan fingerprint density at radius 2 is 1.62 bits per heavy atom. The second-order valence-electron chi connectivity index (χ2n) is 11.5. The molecule has 4 aromatic rings. The number of benzene rings is 1. The van der Waals surface area contributed by atoms with Gasteiger partial charge in [0.25, 0.3) is 0 Å². The average molecular weight is 720 g/mol. The van der Waals surface area contributed by atoms with E-state index in [1.807, 2.05) is 6.07 Å². The van der Waals surface area contributed by atoms with Crippen LogP contribution in [0.2, 0.25) is 0 Å². The lowest BCUT2D eigenvalue weighted by atomic mass is 10.1. The van der Waals surface area contributed by atoms with Gasteiger partial charge in [0, 0.05) is 6.20 Å². The molecule has 0 radical (unpaired) electrons.